The molecular weight excluding hydrogens is 346 g/mol. The van der Waals surface area contributed by atoms with Crippen LogP contribution in [-0.2, 0) is 10.2 Å². The molecule has 10 heteroatoms. The number of amides is 1. The molecule has 1 heterocycles. The summed E-state index contributed by atoms with van der Waals surface area (Å²) in [4.78, 5) is 12.3. The average Bonchev–Trinajstić information content (AvgIpc) is 2.32. The number of β-amino-alcohol motifs (C(OH)–C–C–N with tert-alkyl or cyclic N) is 1. The molecule has 0 fully saturated rings. The van der Waals surface area contributed by atoms with Gasteiger partial charge in [0.25, 0.3) is 5.91 Å². The van der Waals surface area contributed by atoms with Crippen molar-refractivity contribution in [2.75, 3.05) is 39.0 Å². The minimum absolute atomic E-state index is 0. The highest BCUT2D eigenvalue weighted by atomic mass is 35.5. The largest absolute Gasteiger partial charge is 1.00 e. The Morgan fingerprint density at radius 1 is 1.26 bits per heavy atom. The van der Waals surface area contributed by atoms with Crippen molar-refractivity contribution in [2.24, 2.45) is 0 Å². The second kappa shape index (κ2) is 7.45. The van der Waals surface area contributed by atoms with Crippen LogP contribution >= 0.6 is 0 Å². The number of fused-ring (bicyclic) bond motifs is 1. The number of halogens is 1. The molecule has 1 aromatic rings. The molecule has 1 atom stereocenters. The van der Waals surface area contributed by atoms with E-state index in [1.54, 1.807) is 18.2 Å². The van der Waals surface area contributed by atoms with Crippen molar-refractivity contribution in [3.05, 3.63) is 29.8 Å². The second-order valence-corrected chi connectivity index (χ2v) is 7.71. The van der Waals surface area contributed by atoms with Gasteiger partial charge in [-0.15, -0.1) is 0 Å². The van der Waals surface area contributed by atoms with Crippen LogP contribution in [0.25, 0.3) is 0 Å². The standard InChI is InChI=1S/C13H19N3O4S.ClH.H2O/c1-16(2,3)9-10(17)8-15-13(18)11-6-4-5-7-12(11)14-21(15,19)20;;/h4-7,10,17H,8-9H2,1-3H3;1H;1H2/t10-;;/m1../s1. The summed E-state index contributed by atoms with van der Waals surface area (Å²) in [6.45, 7) is 0.0684. The van der Waals surface area contributed by atoms with Crippen LogP contribution in [0.4, 0.5) is 5.69 Å². The molecule has 0 spiro atoms. The second-order valence-electron chi connectivity index (χ2n) is 6.12. The lowest BCUT2D eigenvalue weighted by atomic mass is 10.1. The zero-order valence-electron chi connectivity index (χ0n) is 13.2. The van der Waals surface area contributed by atoms with Crippen molar-refractivity contribution in [1.82, 2.24) is 4.31 Å². The van der Waals surface area contributed by atoms with Crippen LogP contribution < -0.4 is 17.1 Å². The maximum Gasteiger partial charge on any atom is 0.326 e. The normalized spacial score (nSPS) is 17.2. The fourth-order valence-corrected chi connectivity index (χ4v) is 3.51. The predicted molar refractivity (Wildman–Crippen MR) is 82.5 cm³/mol. The van der Waals surface area contributed by atoms with Gasteiger partial charge in [0, 0.05) is 0 Å². The van der Waals surface area contributed by atoms with Crippen LogP contribution in [0.15, 0.2) is 24.3 Å². The van der Waals surface area contributed by atoms with Crippen LogP contribution in [0.2, 0.25) is 0 Å². The lowest BCUT2D eigenvalue weighted by Gasteiger charge is -2.32. The van der Waals surface area contributed by atoms with E-state index in [2.05, 4.69) is 4.72 Å². The third-order valence-corrected chi connectivity index (χ3v) is 4.42. The molecule has 0 radical (unpaired) electrons. The Morgan fingerprint density at radius 3 is 2.39 bits per heavy atom. The number of aliphatic hydroxyl groups excluding tert-OH is 1. The van der Waals surface area contributed by atoms with Crippen molar-refractivity contribution in [2.45, 2.75) is 6.10 Å². The van der Waals surface area contributed by atoms with E-state index in [0.717, 1.165) is 0 Å². The topological polar surface area (TPSA) is 118 Å². The summed E-state index contributed by atoms with van der Waals surface area (Å²) >= 11 is 0. The first kappa shape index (κ1) is 21.6. The Kier molecular flexibility index (Phi) is 7.00. The molecule has 8 nitrogen and oxygen atoms in total. The number of nitrogens with one attached hydrogen (secondary N) is 1. The average molecular weight is 368 g/mol. The first-order valence-corrected chi connectivity index (χ1v) is 7.96. The molecule has 0 aliphatic carbocycles. The van der Waals surface area contributed by atoms with E-state index in [1.807, 2.05) is 21.1 Å². The van der Waals surface area contributed by atoms with Gasteiger partial charge in [-0.3, -0.25) is 9.52 Å². The SMILES string of the molecule is C[N+](C)(C)C[C@H](O)CN1C(=O)c2ccccc2NS1(=O)=O.O.[Cl-]. The van der Waals surface area contributed by atoms with Gasteiger partial charge in [-0.2, -0.15) is 8.42 Å². The van der Waals surface area contributed by atoms with Crippen molar-refractivity contribution in [1.29, 1.82) is 0 Å². The van der Waals surface area contributed by atoms with Crippen molar-refractivity contribution < 1.29 is 40.7 Å². The summed E-state index contributed by atoms with van der Waals surface area (Å²) < 4.78 is 27.8. The van der Waals surface area contributed by atoms with Gasteiger partial charge in [0.1, 0.15) is 12.6 Å². The van der Waals surface area contributed by atoms with Crippen LogP contribution in [0.5, 0.6) is 0 Å². The third-order valence-electron chi connectivity index (χ3n) is 3.05. The molecule has 1 aliphatic rings. The van der Waals surface area contributed by atoms with Crippen LogP contribution in [0.3, 0.4) is 0 Å². The van der Waals surface area contributed by atoms with E-state index in [1.165, 1.54) is 6.07 Å². The van der Waals surface area contributed by atoms with Crippen LogP contribution in [0.1, 0.15) is 10.4 Å². The van der Waals surface area contributed by atoms with E-state index < -0.39 is 22.2 Å². The van der Waals surface area contributed by atoms with Gasteiger partial charge in [-0.05, 0) is 12.1 Å². The Hall–Kier alpha value is -1.39. The number of aliphatic hydroxyl groups is 1. The summed E-state index contributed by atoms with van der Waals surface area (Å²) in [5, 5.41) is 10.0. The number of carbonyl (C=O) groups excluding carboxylic acids is 1. The molecule has 1 amide bonds. The van der Waals surface area contributed by atoms with Gasteiger partial charge in [-0.1, -0.05) is 12.1 Å². The van der Waals surface area contributed by atoms with Crippen molar-refractivity contribution in [3.63, 3.8) is 0 Å². The highest BCUT2D eigenvalue weighted by Crippen LogP contribution is 2.26. The third kappa shape index (κ3) is 5.05. The molecule has 4 N–H and O–H groups in total. The number of nitrogens with zero attached hydrogens (tertiary/aromatic N) is 2. The Labute approximate surface area is 142 Å². The Bertz CT molecular complexity index is 660. The molecule has 0 saturated heterocycles. The first-order valence-electron chi connectivity index (χ1n) is 6.52. The Balaban J connectivity index is 0.00000242. The van der Waals surface area contributed by atoms with Gasteiger partial charge < -0.3 is 27.5 Å². The zero-order chi connectivity index (χ0) is 15.8. The molecule has 0 aromatic heterocycles. The van der Waals surface area contributed by atoms with E-state index in [4.69, 9.17) is 0 Å². The molecule has 0 unspecified atom stereocenters. The fraction of sp³-hybridized carbons (Fsp3) is 0.462. The van der Waals surface area contributed by atoms with Gasteiger partial charge in [0.05, 0.1) is 38.9 Å². The maximum atomic E-state index is 12.3. The number of para-hydroxylation sites is 1. The van der Waals surface area contributed by atoms with Crippen LogP contribution in [-0.4, -0.2) is 74.0 Å². The molecule has 132 valence electrons. The molecule has 0 bridgehead atoms. The summed E-state index contributed by atoms with van der Waals surface area (Å²) in [5.41, 5.74) is 0.546. The number of carbonyl (C=O) groups is 1. The number of hydrogen-bond acceptors (Lipinski definition) is 4. The molecule has 1 aromatic carbocycles. The monoisotopic (exact) mass is 367 g/mol. The lowest BCUT2D eigenvalue weighted by molar-refractivity contribution is -0.873. The van der Waals surface area contributed by atoms with Crippen molar-refractivity contribution >= 4 is 21.8 Å². The quantitative estimate of drug-likeness (QED) is 0.528. The number of rotatable bonds is 4. The van der Waals surface area contributed by atoms with Gasteiger partial charge >= 0.3 is 10.2 Å². The molecule has 2 rings (SSSR count). The molecule has 0 saturated carbocycles. The lowest BCUT2D eigenvalue weighted by Crippen LogP contribution is -3.00. The number of quaternary nitrogens is 1. The van der Waals surface area contributed by atoms with E-state index in [9.17, 15) is 18.3 Å². The predicted octanol–water partition coefficient (Wildman–Crippen LogP) is -3.95. The Morgan fingerprint density at radius 2 is 1.83 bits per heavy atom. The number of hydrogen-bond donors (Lipinski definition) is 2. The number of anilines is 1. The van der Waals surface area contributed by atoms with Gasteiger partial charge in [0.2, 0.25) is 0 Å². The molecular formula is C13H22ClN3O5S. The summed E-state index contributed by atoms with van der Waals surface area (Å²) in [5.74, 6) is -0.621. The van der Waals surface area contributed by atoms with Gasteiger partial charge in [0.15, 0.2) is 0 Å². The van der Waals surface area contributed by atoms with Gasteiger partial charge in [-0.25, -0.2) is 4.31 Å². The number of likely N-dealkylation sites (N-methyl/N-ethyl adjacent to an activating group) is 1. The smallest absolute Gasteiger partial charge is 0.326 e. The van der Waals surface area contributed by atoms with E-state index >= 15 is 0 Å². The summed E-state index contributed by atoms with van der Waals surface area (Å²) in [6.07, 6.45) is -0.934. The van der Waals surface area contributed by atoms with E-state index in [0.29, 0.717) is 15.3 Å². The maximum absolute atomic E-state index is 12.3. The first-order chi connectivity index (χ1) is 9.60. The number of benzene rings is 1. The summed E-state index contributed by atoms with van der Waals surface area (Å²) in [6, 6.07) is 6.40. The molecule has 23 heavy (non-hydrogen) atoms. The highest BCUT2D eigenvalue weighted by molar-refractivity contribution is 7.91. The molecule has 1 aliphatic heterocycles. The minimum Gasteiger partial charge on any atom is -1.00 e. The van der Waals surface area contributed by atoms with Crippen molar-refractivity contribution in [3.8, 4) is 0 Å². The van der Waals surface area contributed by atoms with E-state index in [-0.39, 0.29) is 35.7 Å². The highest BCUT2D eigenvalue weighted by Gasteiger charge is 2.37. The fourth-order valence-electron chi connectivity index (χ4n) is 2.26. The summed E-state index contributed by atoms with van der Waals surface area (Å²) in [7, 11) is 1.66. The van der Waals surface area contributed by atoms with Crippen LogP contribution in [0, 0.1) is 0 Å². The zero-order valence-corrected chi connectivity index (χ0v) is 14.7. The minimum atomic E-state index is -3.97.